The number of rotatable bonds is 6. The van der Waals surface area contributed by atoms with Crippen molar-refractivity contribution in [2.24, 2.45) is 5.92 Å². The monoisotopic (exact) mass is 328 g/mol. The zero-order chi connectivity index (χ0) is 18.6. The van der Waals surface area contributed by atoms with Crippen LogP contribution in [0.15, 0.2) is 0 Å². The van der Waals surface area contributed by atoms with Gasteiger partial charge in [0.05, 0.1) is 0 Å². The van der Waals surface area contributed by atoms with E-state index in [1.165, 1.54) is 0 Å². The van der Waals surface area contributed by atoms with Crippen LogP contribution >= 0.6 is 0 Å². The molecule has 0 aliphatic carbocycles. The van der Waals surface area contributed by atoms with Crippen LogP contribution in [0.3, 0.4) is 0 Å². The predicted octanol–water partition coefficient (Wildman–Crippen LogP) is 0.0225. The molecule has 22 heavy (non-hydrogen) atoms. The molecule has 0 amide bonds. The Morgan fingerprint density at radius 2 is 1.00 bits per heavy atom. The fourth-order valence-electron chi connectivity index (χ4n) is 0.785. The second-order valence-corrected chi connectivity index (χ2v) is 4.01. The van der Waals surface area contributed by atoms with Crippen LogP contribution in [0.25, 0.3) is 0 Å². The molecule has 0 atom stereocenters. The third kappa shape index (κ3) is 103. The van der Waals surface area contributed by atoms with Crippen LogP contribution in [0, 0.1) is 5.92 Å². The number of hydrogen-bond acceptors (Lipinski definition) is 6. The van der Waals surface area contributed by atoms with Crippen LogP contribution in [0.4, 0.5) is 0 Å². The van der Waals surface area contributed by atoms with Crippen molar-refractivity contribution >= 4 is 17.9 Å². The normalized spacial score (nSPS) is 8.32. The molecule has 0 fully saturated rings. The Hall–Kier alpha value is -1.71. The first kappa shape index (κ1) is 28.5. The first-order valence-electron chi connectivity index (χ1n) is 6.46. The summed E-state index contributed by atoms with van der Waals surface area (Å²) in [5, 5.41) is 47.9. The van der Waals surface area contributed by atoms with Crippen molar-refractivity contribution in [3.63, 3.8) is 0 Å². The number of unbranched alkanes of at least 4 members (excludes halogenated alkanes) is 1. The largest absolute Gasteiger partial charge is 0.481 e. The number of aliphatic carboxylic acids is 3. The highest BCUT2D eigenvalue weighted by Gasteiger charge is 2.03. The second kappa shape index (κ2) is 24.3. The smallest absolute Gasteiger partial charge is 0.300 e. The average molecular weight is 328 g/mol. The average Bonchev–Trinajstić information content (AvgIpc) is 2.33. The van der Waals surface area contributed by atoms with E-state index in [4.69, 9.17) is 45.0 Å². The molecular formula is C13H28O9. The standard InChI is InChI=1S/C7H16O3.3C2H4O2/c8-4-2-1-3-7(5-9)6-10;3*1-2(3)4/h7-10H,1-6H2;3*1H3,(H,3,4). The molecule has 0 aromatic heterocycles. The van der Waals surface area contributed by atoms with Crippen LogP contribution in [0.5, 0.6) is 0 Å². The van der Waals surface area contributed by atoms with E-state index in [0.717, 1.165) is 40.0 Å². The Labute approximate surface area is 129 Å². The van der Waals surface area contributed by atoms with Crippen molar-refractivity contribution in [3.05, 3.63) is 0 Å². The molecule has 6 N–H and O–H groups in total. The Balaban J connectivity index is -0.000000112. The number of hydrogen-bond donors (Lipinski definition) is 6. The number of carbonyl (C=O) groups is 3. The van der Waals surface area contributed by atoms with Gasteiger partial charge in [-0.25, -0.2) is 0 Å². The molecule has 134 valence electrons. The molecule has 0 heterocycles. The lowest BCUT2D eigenvalue weighted by atomic mass is 10.0. The van der Waals surface area contributed by atoms with Gasteiger partial charge in [0.25, 0.3) is 17.9 Å². The highest BCUT2D eigenvalue weighted by atomic mass is 16.4. The minimum Gasteiger partial charge on any atom is -0.481 e. The minimum atomic E-state index is -0.833. The molecule has 0 saturated heterocycles. The van der Waals surface area contributed by atoms with Gasteiger partial charge in [0.15, 0.2) is 0 Å². The molecule has 0 unspecified atom stereocenters. The minimum absolute atomic E-state index is 0.00606. The topological polar surface area (TPSA) is 173 Å². The maximum absolute atomic E-state index is 9.00. The van der Waals surface area contributed by atoms with Gasteiger partial charge in [0.2, 0.25) is 0 Å². The SMILES string of the molecule is CC(=O)O.CC(=O)O.CC(=O)O.OCCCCC(CO)CO. The van der Waals surface area contributed by atoms with Crippen molar-refractivity contribution in [1.29, 1.82) is 0 Å². The molecule has 9 nitrogen and oxygen atoms in total. The lowest BCUT2D eigenvalue weighted by molar-refractivity contribution is -0.135. The lowest BCUT2D eigenvalue weighted by Crippen LogP contribution is -2.10. The van der Waals surface area contributed by atoms with Crippen LogP contribution in [-0.2, 0) is 14.4 Å². The molecule has 0 aliphatic heterocycles. The molecule has 9 heteroatoms. The summed E-state index contributed by atoms with van der Waals surface area (Å²) in [6, 6.07) is 0. The molecule has 0 radical (unpaired) electrons. The fraction of sp³-hybridized carbons (Fsp3) is 0.769. The lowest BCUT2D eigenvalue weighted by Gasteiger charge is -2.08. The van der Waals surface area contributed by atoms with Gasteiger partial charge in [0, 0.05) is 46.5 Å². The van der Waals surface area contributed by atoms with Gasteiger partial charge in [-0.05, 0) is 12.8 Å². The Kier molecular flexibility index (Phi) is 31.4. The molecule has 0 bridgehead atoms. The van der Waals surface area contributed by atoms with E-state index in [1.54, 1.807) is 0 Å². The van der Waals surface area contributed by atoms with E-state index in [-0.39, 0.29) is 25.7 Å². The summed E-state index contributed by atoms with van der Waals surface area (Å²) >= 11 is 0. The highest BCUT2D eigenvalue weighted by Crippen LogP contribution is 2.05. The Bertz CT molecular complexity index is 222. The van der Waals surface area contributed by atoms with Gasteiger partial charge in [-0.2, -0.15) is 0 Å². The number of carboxylic acid groups (broad SMARTS) is 3. The van der Waals surface area contributed by atoms with Crippen LogP contribution < -0.4 is 0 Å². The van der Waals surface area contributed by atoms with Gasteiger partial charge in [-0.1, -0.05) is 6.42 Å². The fourth-order valence-corrected chi connectivity index (χ4v) is 0.785. The van der Waals surface area contributed by atoms with Gasteiger partial charge in [-0.15, -0.1) is 0 Å². The molecule has 0 aromatic carbocycles. The summed E-state index contributed by atoms with van der Waals surface area (Å²) in [5.74, 6) is -2.49. The molecule has 0 aliphatic rings. The number of carboxylic acids is 3. The Morgan fingerprint density at radius 3 is 1.18 bits per heavy atom. The highest BCUT2D eigenvalue weighted by molar-refractivity contribution is 5.63. The van der Waals surface area contributed by atoms with E-state index in [9.17, 15) is 0 Å². The summed E-state index contributed by atoms with van der Waals surface area (Å²) < 4.78 is 0. The van der Waals surface area contributed by atoms with Gasteiger partial charge < -0.3 is 30.6 Å². The zero-order valence-electron chi connectivity index (χ0n) is 13.2. The van der Waals surface area contributed by atoms with E-state index in [0.29, 0.717) is 0 Å². The quantitative estimate of drug-likeness (QED) is 0.367. The van der Waals surface area contributed by atoms with E-state index in [1.807, 2.05) is 0 Å². The van der Waals surface area contributed by atoms with Crippen molar-refractivity contribution in [2.45, 2.75) is 40.0 Å². The van der Waals surface area contributed by atoms with Crippen molar-refractivity contribution < 1.29 is 45.0 Å². The first-order valence-corrected chi connectivity index (χ1v) is 6.46. The maximum atomic E-state index is 9.00. The van der Waals surface area contributed by atoms with E-state index >= 15 is 0 Å². The summed E-state index contributed by atoms with van der Waals surface area (Å²) in [7, 11) is 0. The third-order valence-electron chi connectivity index (χ3n) is 1.54. The molecular weight excluding hydrogens is 300 g/mol. The zero-order valence-corrected chi connectivity index (χ0v) is 13.2. The summed E-state index contributed by atoms with van der Waals surface area (Å²) in [4.78, 5) is 27.0. The van der Waals surface area contributed by atoms with Crippen LogP contribution in [-0.4, -0.2) is 68.4 Å². The number of aliphatic hydroxyl groups excluding tert-OH is 3. The molecule has 0 spiro atoms. The van der Waals surface area contributed by atoms with Crippen molar-refractivity contribution in [1.82, 2.24) is 0 Å². The van der Waals surface area contributed by atoms with Crippen LogP contribution in [0.1, 0.15) is 40.0 Å². The van der Waals surface area contributed by atoms with Gasteiger partial charge in [-0.3, -0.25) is 14.4 Å². The van der Waals surface area contributed by atoms with Crippen LogP contribution in [0.2, 0.25) is 0 Å². The molecule has 0 saturated carbocycles. The summed E-state index contributed by atoms with van der Waals surface area (Å²) in [6.45, 7) is 3.54. The summed E-state index contributed by atoms with van der Waals surface area (Å²) in [5.41, 5.74) is 0. The first-order chi connectivity index (χ1) is 10.0. The maximum Gasteiger partial charge on any atom is 0.300 e. The van der Waals surface area contributed by atoms with Crippen molar-refractivity contribution in [3.8, 4) is 0 Å². The third-order valence-corrected chi connectivity index (χ3v) is 1.54. The van der Waals surface area contributed by atoms with Gasteiger partial charge in [0.1, 0.15) is 0 Å². The van der Waals surface area contributed by atoms with E-state index < -0.39 is 17.9 Å². The molecule has 0 rings (SSSR count). The van der Waals surface area contributed by atoms with Crippen molar-refractivity contribution in [2.75, 3.05) is 19.8 Å². The Morgan fingerprint density at radius 1 is 0.727 bits per heavy atom. The predicted molar refractivity (Wildman–Crippen MR) is 78.5 cm³/mol. The number of aliphatic hydroxyl groups is 3. The van der Waals surface area contributed by atoms with Gasteiger partial charge >= 0.3 is 0 Å². The molecule has 0 aromatic rings. The second-order valence-electron chi connectivity index (χ2n) is 4.01. The van der Waals surface area contributed by atoms with E-state index in [2.05, 4.69) is 0 Å². The summed E-state index contributed by atoms with van der Waals surface area (Å²) in [6.07, 6.45) is 2.44.